The van der Waals surface area contributed by atoms with E-state index in [9.17, 15) is 9.59 Å². The molecule has 0 radical (unpaired) electrons. The van der Waals surface area contributed by atoms with E-state index in [1.54, 1.807) is 50.8 Å². The molecule has 1 aliphatic rings. The standard InChI is InChI=1S/C27H28N2O6S/c1-6-34-20-13-8-17(14-21(20)33-5)15-22-25(30)29-24(18-9-11-19(32-4)12-10-18)23(26(31)35-7-2)16(3)28-27(29)36-22/h8-15,24H,6-7H2,1-5H3/b22-15+/t24-/m1/s1. The van der Waals surface area contributed by atoms with Crippen LogP contribution in [0, 0.1) is 0 Å². The maximum absolute atomic E-state index is 13.7. The molecule has 0 saturated carbocycles. The third-order valence-electron chi connectivity index (χ3n) is 5.73. The molecule has 0 bridgehead atoms. The quantitative estimate of drug-likeness (QED) is 0.434. The van der Waals surface area contributed by atoms with Gasteiger partial charge in [0.15, 0.2) is 16.3 Å². The number of allylic oxidation sites excluding steroid dienone is 1. The second kappa shape index (κ2) is 10.8. The Morgan fingerprint density at radius 1 is 1.06 bits per heavy atom. The fourth-order valence-corrected chi connectivity index (χ4v) is 5.14. The number of nitrogens with zero attached hydrogens (tertiary/aromatic N) is 2. The minimum absolute atomic E-state index is 0.217. The van der Waals surface area contributed by atoms with E-state index >= 15 is 0 Å². The Kier molecular flexibility index (Phi) is 7.59. The molecule has 8 nitrogen and oxygen atoms in total. The Bertz CT molecular complexity index is 1480. The summed E-state index contributed by atoms with van der Waals surface area (Å²) in [5, 5.41) is 0. The molecule has 0 fully saturated rings. The summed E-state index contributed by atoms with van der Waals surface area (Å²) < 4.78 is 23.7. The second-order valence-corrected chi connectivity index (χ2v) is 8.93. The first-order valence-electron chi connectivity index (χ1n) is 11.6. The van der Waals surface area contributed by atoms with Gasteiger partial charge in [-0.2, -0.15) is 0 Å². The molecule has 9 heteroatoms. The van der Waals surface area contributed by atoms with E-state index in [0.29, 0.717) is 44.5 Å². The van der Waals surface area contributed by atoms with Crippen LogP contribution in [0.25, 0.3) is 6.08 Å². The number of rotatable bonds is 8. The number of aromatic nitrogens is 1. The summed E-state index contributed by atoms with van der Waals surface area (Å²) in [6.07, 6.45) is 1.79. The van der Waals surface area contributed by atoms with Crippen molar-refractivity contribution in [3.63, 3.8) is 0 Å². The predicted octanol–water partition coefficient (Wildman–Crippen LogP) is 3.21. The maximum atomic E-state index is 13.7. The van der Waals surface area contributed by atoms with Gasteiger partial charge in [0.2, 0.25) is 0 Å². The summed E-state index contributed by atoms with van der Waals surface area (Å²) in [6.45, 7) is 6.14. The highest BCUT2D eigenvalue weighted by Gasteiger charge is 2.33. The highest BCUT2D eigenvalue weighted by atomic mass is 32.1. The SMILES string of the molecule is CCOC(=O)C1=C(C)N=c2s/c(=C/c3ccc(OCC)c(OC)c3)c(=O)n2[C@@H]1c1ccc(OC)cc1. The molecule has 0 aliphatic carbocycles. The molecule has 4 rings (SSSR count). The number of hydrogen-bond donors (Lipinski definition) is 0. The number of carbonyl (C=O) groups excluding carboxylic acids is 1. The molecule has 0 N–H and O–H groups in total. The van der Waals surface area contributed by atoms with Crippen LogP contribution in [0.2, 0.25) is 0 Å². The summed E-state index contributed by atoms with van der Waals surface area (Å²) in [5.74, 6) is 1.39. The Morgan fingerprint density at radius 3 is 2.44 bits per heavy atom. The molecule has 2 aromatic carbocycles. The molecule has 0 unspecified atom stereocenters. The molecular formula is C27H28N2O6S. The summed E-state index contributed by atoms with van der Waals surface area (Å²) in [6, 6.07) is 12.1. The Hall–Kier alpha value is -3.85. The van der Waals surface area contributed by atoms with Crippen molar-refractivity contribution in [2.45, 2.75) is 26.8 Å². The van der Waals surface area contributed by atoms with Crippen molar-refractivity contribution in [3.05, 3.63) is 84.5 Å². The molecule has 0 spiro atoms. The third-order valence-corrected chi connectivity index (χ3v) is 6.72. The molecule has 188 valence electrons. The van der Waals surface area contributed by atoms with Crippen LogP contribution in [0.15, 0.2) is 63.5 Å². The molecule has 1 atom stereocenters. The number of hydrogen-bond acceptors (Lipinski definition) is 8. The molecule has 1 aliphatic heterocycles. The smallest absolute Gasteiger partial charge is 0.338 e. The lowest BCUT2D eigenvalue weighted by Gasteiger charge is -2.24. The highest BCUT2D eigenvalue weighted by molar-refractivity contribution is 7.07. The monoisotopic (exact) mass is 508 g/mol. The largest absolute Gasteiger partial charge is 0.497 e. The van der Waals surface area contributed by atoms with Gasteiger partial charge < -0.3 is 18.9 Å². The van der Waals surface area contributed by atoms with Gasteiger partial charge in [0.05, 0.1) is 49.3 Å². The number of esters is 1. The summed E-state index contributed by atoms with van der Waals surface area (Å²) in [4.78, 5) is 31.8. The van der Waals surface area contributed by atoms with Gasteiger partial charge >= 0.3 is 5.97 Å². The molecule has 0 amide bonds. The first kappa shape index (κ1) is 25.2. The summed E-state index contributed by atoms with van der Waals surface area (Å²) in [5.41, 5.74) is 2.14. The first-order valence-corrected chi connectivity index (χ1v) is 12.4. The zero-order chi connectivity index (χ0) is 25.8. The van der Waals surface area contributed by atoms with E-state index in [1.807, 2.05) is 37.3 Å². The van der Waals surface area contributed by atoms with Crippen LogP contribution in [-0.4, -0.2) is 38.0 Å². The molecule has 36 heavy (non-hydrogen) atoms. The van der Waals surface area contributed by atoms with E-state index in [4.69, 9.17) is 18.9 Å². The zero-order valence-electron chi connectivity index (χ0n) is 20.9. The lowest BCUT2D eigenvalue weighted by molar-refractivity contribution is -0.139. The fourth-order valence-electron chi connectivity index (χ4n) is 4.09. The number of carbonyl (C=O) groups is 1. The Morgan fingerprint density at radius 2 is 1.81 bits per heavy atom. The van der Waals surface area contributed by atoms with E-state index < -0.39 is 12.0 Å². The minimum Gasteiger partial charge on any atom is -0.497 e. The van der Waals surface area contributed by atoms with Crippen molar-refractivity contribution < 1.29 is 23.7 Å². The lowest BCUT2D eigenvalue weighted by atomic mass is 9.96. The summed E-state index contributed by atoms with van der Waals surface area (Å²) in [7, 11) is 3.16. The predicted molar refractivity (Wildman–Crippen MR) is 138 cm³/mol. The number of benzene rings is 2. The average molecular weight is 509 g/mol. The number of ether oxygens (including phenoxy) is 4. The Labute approximate surface area is 212 Å². The molecule has 2 heterocycles. The van der Waals surface area contributed by atoms with Crippen LogP contribution in [0.5, 0.6) is 17.2 Å². The van der Waals surface area contributed by atoms with Crippen LogP contribution >= 0.6 is 11.3 Å². The van der Waals surface area contributed by atoms with Crippen LogP contribution in [-0.2, 0) is 9.53 Å². The highest BCUT2D eigenvalue weighted by Crippen LogP contribution is 2.32. The lowest BCUT2D eigenvalue weighted by Crippen LogP contribution is -2.39. The van der Waals surface area contributed by atoms with Crippen molar-refractivity contribution in [2.75, 3.05) is 27.4 Å². The molecular weight excluding hydrogens is 480 g/mol. The second-order valence-electron chi connectivity index (χ2n) is 7.92. The average Bonchev–Trinajstić information content (AvgIpc) is 3.18. The Balaban J connectivity index is 1.89. The first-order chi connectivity index (χ1) is 17.4. The molecule has 1 aromatic heterocycles. The van der Waals surface area contributed by atoms with Crippen molar-refractivity contribution in [1.29, 1.82) is 0 Å². The number of fused-ring (bicyclic) bond motifs is 1. The van der Waals surface area contributed by atoms with Crippen LogP contribution in [0.3, 0.4) is 0 Å². The number of methoxy groups -OCH3 is 2. The van der Waals surface area contributed by atoms with E-state index in [1.165, 1.54) is 11.3 Å². The normalized spacial score (nSPS) is 15.2. The van der Waals surface area contributed by atoms with Gasteiger partial charge in [0.25, 0.3) is 5.56 Å². The molecule has 0 saturated heterocycles. The third kappa shape index (κ3) is 4.79. The zero-order valence-corrected chi connectivity index (χ0v) is 21.7. The number of thiazole rings is 1. The van der Waals surface area contributed by atoms with Gasteiger partial charge in [0, 0.05) is 0 Å². The van der Waals surface area contributed by atoms with Crippen LogP contribution in [0.1, 0.15) is 37.9 Å². The summed E-state index contributed by atoms with van der Waals surface area (Å²) >= 11 is 1.27. The van der Waals surface area contributed by atoms with Gasteiger partial charge in [-0.05, 0) is 62.2 Å². The van der Waals surface area contributed by atoms with Crippen LogP contribution < -0.4 is 29.1 Å². The van der Waals surface area contributed by atoms with Crippen molar-refractivity contribution in [2.24, 2.45) is 4.99 Å². The maximum Gasteiger partial charge on any atom is 0.338 e. The minimum atomic E-state index is -0.678. The van der Waals surface area contributed by atoms with Crippen molar-refractivity contribution in [1.82, 2.24) is 4.57 Å². The van der Waals surface area contributed by atoms with E-state index in [0.717, 1.165) is 11.1 Å². The van der Waals surface area contributed by atoms with E-state index in [-0.39, 0.29) is 12.2 Å². The topological polar surface area (TPSA) is 88.4 Å². The van der Waals surface area contributed by atoms with Crippen molar-refractivity contribution >= 4 is 23.4 Å². The van der Waals surface area contributed by atoms with Gasteiger partial charge in [-0.1, -0.05) is 29.5 Å². The fraction of sp³-hybridized carbons (Fsp3) is 0.296. The van der Waals surface area contributed by atoms with Crippen LogP contribution in [0.4, 0.5) is 0 Å². The van der Waals surface area contributed by atoms with Gasteiger partial charge in [-0.3, -0.25) is 9.36 Å². The van der Waals surface area contributed by atoms with Gasteiger partial charge in [0.1, 0.15) is 5.75 Å². The van der Waals surface area contributed by atoms with Gasteiger partial charge in [-0.15, -0.1) is 0 Å². The molecule has 3 aromatic rings. The van der Waals surface area contributed by atoms with E-state index in [2.05, 4.69) is 4.99 Å². The van der Waals surface area contributed by atoms with Crippen molar-refractivity contribution in [3.8, 4) is 17.2 Å². The van der Waals surface area contributed by atoms with Gasteiger partial charge in [-0.25, -0.2) is 9.79 Å².